The predicted molar refractivity (Wildman–Crippen MR) is 111 cm³/mol. The standard InChI is InChI=1S/C20H32Cl2FN3O4/c1-12(2)26-11-14(20(29)30)19(28)13-9-15(23)16(10-17(13)26)24-18(27)3-6-25(7-4-21)8-5-22/h12-17H,3-11H2,1-2H3,(H,24,27)(H,29,30)/p-1. The van der Waals surface area contributed by atoms with Gasteiger partial charge in [0.05, 0.1) is 17.9 Å². The summed E-state index contributed by atoms with van der Waals surface area (Å²) in [4.78, 5) is 40.3. The minimum absolute atomic E-state index is 0.0142. The molecular formula is C20H31Cl2FN3O4-. The molecule has 1 aliphatic carbocycles. The molecule has 10 heteroatoms. The zero-order valence-corrected chi connectivity index (χ0v) is 19.0. The number of hydrogen-bond donors (Lipinski definition) is 1. The number of amides is 1. The molecule has 7 nitrogen and oxygen atoms in total. The van der Waals surface area contributed by atoms with E-state index < -0.39 is 35.8 Å². The van der Waals surface area contributed by atoms with E-state index in [0.717, 1.165) is 0 Å². The highest BCUT2D eigenvalue weighted by Gasteiger charge is 2.49. The van der Waals surface area contributed by atoms with Gasteiger partial charge in [-0.2, -0.15) is 0 Å². The summed E-state index contributed by atoms with van der Waals surface area (Å²) in [6, 6.07) is -1.02. The SMILES string of the molecule is CC(C)N1CC(C(=O)[O-])C(=O)C2CC(F)C(NC(=O)CCN(CCCl)CCCl)CC21. The Morgan fingerprint density at radius 2 is 1.87 bits per heavy atom. The summed E-state index contributed by atoms with van der Waals surface area (Å²) in [5.41, 5.74) is 0. The average molecular weight is 467 g/mol. The van der Waals surface area contributed by atoms with Gasteiger partial charge in [0, 0.05) is 62.4 Å². The number of piperidine rings is 1. The molecule has 2 aliphatic rings. The summed E-state index contributed by atoms with van der Waals surface area (Å²) < 4.78 is 14.9. The van der Waals surface area contributed by atoms with E-state index in [2.05, 4.69) is 5.32 Å². The number of carbonyl (C=O) groups is 3. The van der Waals surface area contributed by atoms with Crippen LogP contribution in [0.15, 0.2) is 0 Å². The van der Waals surface area contributed by atoms with Crippen LogP contribution in [-0.4, -0.2) is 89.7 Å². The van der Waals surface area contributed by atoms with Crippen molar-refractivity contribution in [3.63, 3.8) is 0 Å². The van der Waals surface area contributed by atoms with Crippen molar-refractivity contribution in [3.05, 3.63) is 0 Å². The molecule has 0 radical (unpaired) electrons. The Balaban J connectivity index is 2.01. The number of nitrogens with one attached hydrogen (secondary N) is 1. The highest BCUT2D eigenvalue weighted by molar-refractivity contribution is 6.18. The molecule has 5 unspecified atom stereocenters. The van der Waals surface area contributed by atoms with Crippen LogP contribution in [0.2, 0.25) is 0 Å². The Labute approximate surface area is 187 Å². The first-order chi connectivity index (χ1) is 14.2. The molecule has 0 aromatic carbocycles. The third kappa shape index (κ3) is 6.28. The summed E-state index contributed by atoms with van der Waals surface area (Å²) in [7, 11) is 0. The monoisotopic (exact) mass is 466 g/mol. The lowest BCUT2D eigenvalue weighted by Crippen LogP contribution is -2.64. The minimum atomic E-state index is -1.41. The van der Waals surface area contributed by atoms with Crippen LogP contribution >= 0.6 is 23.2 Å². The van der Waals surface area contributed by atoms with E-state index in [-0.39, 0.29) is 43.8 Å². The molecule has 0 spiro atoms. The van der Waals surface area contributed by atoms with Gasteiger partial charge in [-0.1, -0.05) is 0 Å². The number of Topliss-reactive ketones (excluding diaryl/α,β-unsaturated/α-hetero) is 1. The number of ketones is 1. The molecule has 30 heavy (non-hydrogen) atoms. The fourth-order valence-corrected chi connectivity index (χ4v) is 5.03. The number of rotatable bonds is 10. The van der Waals surface area contributed by atoms with Gasteiger partial charge in [0.25, 0.3) is 0 Å². The molecular weight excluding hydrogens is 436 g/mol. The van der Waals surface area contributed by atoms with E-state index in [0.29, 0.717) is 31.4 Å². The first kappa shape index (κ1) is 25.3. The molecule has 1 N–H and O–H groups in total. The highest BCUT2D eigenvalue weighted by atomic mass is 35.5. The number of aliphatic carboxylic acids is 1. The maximum Gasteiger partial charge on any atom is 0.221 e. The number of carboxylic acids is 1. The zero-order chi connectivity index (χ0) is 22.4. The molecule has 1 heterocycles. The molecule has 172 valence electrons. The Hall–Kier alpha value is -0.960. The number of carboxylic acid groups (broad SMARTS) is 1. The summed E-state index contributed by atoms with van der Waals surface area (Å²) >= 11 is 11.5. The third-order valence-electron chi connectivity index (χ3n) is 6.15. The van der Waals surface area contributed by atoms with Crippen molar-refractivity contribution in [1.29, 1.82) is 0 Å². The second-order valence-electron chi connectivity index (χ2n) is 8.37. The summed E-state index contributed by atoms with van der Waals surface area (Å²) in [6.07, 6.45) is -1.03. The fraction of sp³-hybridized carbons (Fsp3) is 0.850. The summed E-state index contributed by atoms with van der Waals surface area (Å²) in [5, 5.41) is 14.2. The van der Waals surface area contributed by atoms with E-state index in [1.54, 1.807) is 0 Å². The number of hydrogen-bond acceptors (Lipinski definition) is 6. The van der Waals surface area contributed by atoms with Gasteiger partial charge in [0.2, 0.25) is 5.91 Å². The number of nitrogens with zero attached hydrogens (tertiary/aromatic N) is 2. The Morgan fingerprint density at radius 3 is 2.40 bits per heavy atom. The zero-order valence-electron chi connectivity index (χ0n) is 17.5. The molecule has 2 rings (SSSR count). The predicted octanol–water partition coefficient (Wildman–Crippen LogP) is 0.417. The van der Waals surface area contributed by atoms with Gasteiger partial charge in [-0.05, 0) is 26.7 Å². The van der Waals surface area contributed by atoms with Crippen LogP contribution in [-0.2, 0) is 14.4 Å². The van der Waals surface area contributed by atoms with Crippen molar-refractivity contribution in [2.75, 3.05) is 37.9 Å². The molecule has 5 atom stereocenters. The summed E-state index contributed by atoms with van der Waals surface area (Å²) in [5.74, 6) is -3.20. The second kappa shape index (κ2) is 11.6. The van der Waals surface area contributed by atoms with Crippen molar-refractivity contribution in [3.8, 4) is 0 Å². The van der Waals surface area contributed by atoms with Crippen molar-refractivity contribution < 1.29 is 23.9 Å². The topological polar surface area (TPSA) is 92.8 Å². The van der Waals surface area contributed by atoms with Crippen LogP contribution in [0.25, 0.3) is 0 Å². The lowest BCUT2D eigenvalue weighted by Gasteiger charge is -2.50. The quantitative estimate of drug-likeness (QED) is 0.370. The Morgan fingerprint density at radius 1 is 1.23 bits per heavy atom. The van der Waals surface area contributed by atoms with Crippen LogP contribution in [0.5, 0.6) is 0 Å². The number of likely N-dealkylation sites (tertiary alicyclic amines) is 1. The highest BCUT2D eigenvalue weighted by Crippen LogP contribution is 2.37. The van der Waals surface area contributed by atoms with Gasteiger partial charge in [0.15, 0.2) is 0 Å². The van der Waals surface area contributed by atoms with Gasteiger partial charge in [-0.15, -0.1) is 23.2 Å². The van der Waals surface area contributed by atoms with Crippen molar-refractivity contribution in [2.45, 2.75) is 57.4 Å². The number of carbonyl (C=O) groups excluding carboxylic acids is 3. The summed E-state index contributed by atoms with van der Waals surface area (Å²) in [6.45, 7) is 5.60. The normalized spacial score (nSPS) is 29.8. The maximum absolute atomic E-state index is 14.9. The van der Waals surface area contributed by atoms with Crippen molar-refractivity contribution in [2.24, 2.45) is 11.8 Å². The first-order valence-electron chi connectivity index (χ1n) is 10.5. The lowest BCUT2D eigenvalue weighted by molar-refractivity contribution is -0.311. The largest absolute Gasteiger partial charge is 0.549 e. The van der Waals surface area contributed by atoms with Crippen molar-refractivity contribution >= 4 is 40.9 Å². The number of fused-ring (bicyclic) bond motifs is 1. The van der Waals surface area contributed by atoms with Crippen LogP contribution in [0.3, 0.4) is 0 Å². The number of halogens is 3. The fourth-order valence-electron chi connectivity index (χ4n) is 4.55. The molecule has 1 saturated carbocycles. The van der Waals surface area contributed by atoms with Crippen LogP contribution in [0.4, 0.5) is 4.39 Å². The van der Waals surface area contributed by atoms with E-state index in [1.807, 2.05) is 23.6 Å². The number of alkyl halides is 3. The average Bonchev–Trinajstić information content (AvgIpc) is 2.67. The first-order valence-corrected chi connectivity index (χ1v) is 11.5. The van der Waals surface area contributed by atoms with Crippen LogP contribution in [0.1, 0.15) is 33.1 Å². The molecule has 1 saturated heterocycles. The molecule has 2 fully saturated rings. The van der Waals surface area contributed by atoms with Gasteiger partial charge < -0.3 is 20.1 Å². The molecule has 1 amide bonds. The van der Waals surface area contributed by atoms with Gasteiger partial charge in [-0.3, -0.25) is 14.5 Å². The van der Waals surface area contributed by atoms with Gasteiger partial charge >= 0.3 is 0 Å². The maximum atomic E-state index is 14.9. The second-order valence-corrected chi connectivity index (χ2v) is 9.13. The van der Waals surface area contributed by atoms with Gasteiger partial charge in [0.1, 0.15) is 12.0 Å². The third-order valence-corrected chi connectivity index (χ3v) is 6.49. The minimum Gasteiger partial charge on any atom is -0.549 e. The van der Waals surface area contributed by atoms with E-state index in [4.69, 9.17) is 23.2 Å². The van der Waals surface area contributed by atoms with E-state index in [9.17, 15) is 23.9 Å². The molecule has 0 aromatic rings. The van der Waals surface area contributed by atoms with Gasteiger partial charge in [-0.25, -0.2) is 4.39 Å². The molecule has 0 aromatic heterocycles. The van der Waals surface area contributed by atoms with Crippen molar-refractivity contribution in [1.82, 2.24) is 15.1 Å². The van der Waals surface area contributed by atoms with Crippen LogP contribution in [0, 0.1) is 11.8 Å². The Kier molecular flexibility index (Phi) is 9.78. The van der Waals surface area contributed by atoms with E-state index in [1.165, 1.54) is 0 Å². The smallest absolute Gasteiger partial charge is 0.221 e. The lowest BCUT2D eigenvalue weighted by atomic mass is 9.71. The molecule has 0 bridgehead atoms. The van der Waals surface area contributed by atoms with Crippen LogP contribution < -0.4 is 10.4 Å². The Bertz CT molecular complexity index is 619. The van der Waals surface area contributed by atoms with E-state index >= 15 is 0 Å². The molecule has 1 aliphatic heterocycles.